The Morgan fingerprint density at radius 3 is 2.59 bits per heavy atom. The average Bonchev–Trinajstić information content (AvgIpc) is 2.84. The number of benzene rings is 2. The second kappa shape index (κ2) is 9.85. The maximum Gasteiger partial charge on any atom is 0.294 e. The molecule has 1 aliphatic heterocycles. The van der Waals surface area contributed by atoms with Crippen LogP contribution in [0.25, 0.3) is 11.0 Å². The molecule has 7 heteroatoms. The summed E-state index contributed by atoms with van der Waals surface area (Å²) in [6.45, 7) is 5.14. The number of aromatic nitrogens is 2. The minimum atomic E-state index is -0.0525. The lowest BCUT2D eigenvalue weighted by Crippen LogP contribution is -2.50. The van der Waals surface area contributed by atoms with Gasteiger partial charge < -0.3 is 19.1 Å². The zero-order valence-corrected chi connectivity index (χ0v) is 18.8. The van der Waals surface area contributed by atoms with Crippen molar-refractivity contribution in [2.75, 3.05) is 38.2 Å². The van der Waals surface area contributed by atoms with Crippen LogP contribution in [-0.2, 0) is 17.8 Å². The topological polar surface area (TPSA) is 67.7 Å². The van der Waals surface area contributed by atoms with E-state index in [2.05, 4.69) is 11.9 Å². The Kier molecular flexibility index (Phi) is 6.73. The molecule has 0 bridgehead atoms. The molecular weight excluding hydrogens is 404 g/mol. The van der Waals surface area contributed by atoms with Crippen molar-refractivity contribution in [2.24, 2.45) is 0 Å². The molecule has 32 heavy (non-hydrogen) atoms. The fraction of sp³-hybridized carbons (Fsp3) is 0.400. The summed E-state index contributed by atoms with van der Waals surface area (Å²) in [5, 5.41) is 0. The molecule has 1 saturated heterocycles. The molecule has 0 saturated carbocycles. The van der Waals surface area contributed by atoms with E-state index >= 15 is 0 Å². The van der Waals surface area contributed by atoms with Crippen molar-refractivity contribution >= 4 is 22.8 Å². The van der Waals surface area contributed by atoms with Crippen LogP contribution in [0.5, 0.6) is 5.75 Å². The van der Waals surface area contributed by atoms with E-state index in [1.165, 1.54) is 0 Å². The highest BCUT2D eigenvalue weighted by atomic mass is 16.5. The van der Waals surface area contributed by atoms with Crippen LogP contribution in [0, 0.1) is 0 Å². The Balaban J connectivity index is 1.42. The Morgan fingerprint density at radius 1 is 1.06 bits per heavy atom. The quantitative estimate of drug-likeness (QED) is 0.572. The van der Waals surface area contributed by atoms with E-state index in [0.717, 1.165) is 28.8 Å². The van der Waals surface area contributed by atoms with Crippen LogP contribution >= 0.6 is 0 Å². The third-order valence-corrected chi connectivity index (χ3v) is 5.98. The van der Waals surface area contributed by atoms with Crippen LogP contribution in [0.3, 0.4) is 0 Å². The number of piperazine rings is 1. The van der Waals surface area contributed by atoms with Crippen molar-refractivity contribution in [2.45, 2.75) is 32.7 Å². The number of rotatable bonds is 7. The number of aryl methyl sites for hydroxylation is 2. The molecule has 0 atom stereocenters. The van der Waals surface area contributed by atoms with Crippen molar-refractivity contribution in [3.63, 3.8) is 0 Å². The summed E-state index contributed by atoms with van der Waals surface area (Å²) in [4.78, 5) is 34.5. The van der Waals surface area contributed by atoms with Crippen LogP contribution in [0.2, 0.25) is 0 Å². The summed E-state index contributed by atoms with van der Waals surface area (Å²) in [6, 6.07) is 15.6. The third kappa shape index (κ3) is 4.61. The van der Waals surface area contributed by atoms with E-state index in [-0.39, 0.29) is 11.5 Å². The predicted molar refractivity (Wildman–Crippen MR) is 126 cm³/mol. The van der Waals surface area contributed by atoms with Gasteiger partial charge in [0.15, 0.2) is 5.82 Å². The molecule has 7 nitrogen and oxygen atoms in total. The molecule has 0 radical (unpaired) electrons. The maximum atomic E-state index is 13.2. The van der Waals surface area contributed by atoms with Crippen molar-refractivity contribution in [1.29, 1.82) is 0 Å². The van der Waals surface area contributed by atoms with Crippen LogP contribution in [0.15, 0.2) is 53.3 Å². The normalized spacial score (nSPS) is 14.1. The van der Waals surface area contributed by atoms with E-state index in [1.807, 2.05) is 62.9 Å². The Bertz CT molecular complexity index is 1150. The van der Waals surface area contributed by atoms with Gasteiger partial charge in [-0.2, -0.15) is 0 Å². The highest BCUT2D eigenvalue weighted by molar-refractivity contribution is 5.77. The first-order valence-corrected chi connectivity index (χ1v) is 11.3. The molecule has 168 valence electrons. The number of hydrogen-bond acceptors (Lipinski definition) is 5. The number of para-hydroxylation sites is 2. The molecule has 1 aliphatic rings. The molecule has 2 heterocycles. The number of amides is 1. The van der Waals surface area contributed by atoms with Gasteiger partial charge in [-0.1, -0.05) is 31.2 Å². The lowest BCUT2D eigenvalue weighted by atomic mass is 10.1. The van der Waals surface area contributed by atoms with Crippen molar-refractivity contribution in [3.05, 3.63) is 64.4 Å². The maximum absolute atomic E-state index is 13.2. The fourth-order valence-corrected chi connectivity index (χ4v) is 4.24. The summed E-state index contributed by atoms with van der Waals surface area (Å²) < 4.78 is 7.08. The van der Waals surface area contributed by atoms with E-state index < -0.39 is 0 Å². The van der Waals surface area contributed by atoms with Gasteiger partial charge in [-0.05, 0) is 42.7 Å². The molecule has 0 aliphatic carbocycles. The first-order chi connectivity index (χ1) is 15.6. The van der Waals surface area contributed by atoms with Gasteiger partial charge in [0, 0.05) is 39.1 Å². The van der Waals surface area contributed by atoms with Gasteiger partial charge in [0.25, 0.3) is 5.56 Å². The molecular formula is C25H30N4O3. The van der Waals surface area contributed by atoms with Gasteiger partial charge in [-0.3, -0.25) is 9.59 Å². The molecule has 3 aromatic rings. The van der Waals surface area contributed by atoms with Crippen LogP contribution < -0.4 is 15.2 Å². The lowest BCUT2D eigenvalue weighted by molar-refractivity contribution is -0.131. The standard InChI is InChI=1S/C25H30N4O3/c1-3-13-29-22-10-5-4-9-21(22)26-24(25(29)31)28-16-14-27(15-17-28)23(30)12-11-19-7-6-8-20(18-19)32-2/h4-10,18H,3,11-17H2,1-2H3. The van der Waals surface area contributed by atoms with E-state index in [4.69, 9.17) is 4.74 Å². The number of carbonyl (C=O) groups is 1. The number of ether oxygens (including phenoxy) is 1. The van der Waals surface area contributed by atoms with E-state index in [9.17, 15) is 9.59 Å². The number of carbonyl (C=O) groups excluding carboxylic acids is 1. The number of methoxy groups -OCH3 is 1. The SMILES string of the molecule is CCCn1c(=O)c(N2CCN(C(=O)CCc3cccc(OC)c3)CC2)nc2ccccc21. The highest BCUT2D eigenvalue weighted by Crippen LogP contribution is 2.18. The van der Waals surface area contributed by atoms with Crippen LogP contribution in [-0.4, -0.2) is 53.6 Å². The highest BCUT2D eigenvalue weighted by Gasteiger charge is 2.24. The molecule has 1 fully saturated rings. The zero-order valence-electron chi connectivity index (χ0n) is 18.8. The Hall–Kier alpha value is -3.35. The van der Waals surface area contributed by atoms with Crippen molar-refractivity contribution < 1.29 is 9.53 Å². The summed E-state index contributed by atoms with van der Waals surface area (Å²) in [5.74, 6) is 1.43. The van der Waals surface area contributed by atoms with Gasteiger partial charge >= 0.3 is 0 Å². The third-order valence-electron chi connectivity index (χ3n) is 5.98. The monoisotopic (exact) mass is 434 g/mol. The lowest BCUT2D eigenvalue weighted by Gasteiger charge is -2.35. The molecule has 0 spiro atoms. The van der Waals surface area contributed by atoms with Gasteiger partial charge in [0.05, 0.1) is 18.1 Å². The molecule has 0 unspecified atom stereocenters. The van der Waals surface area contributed by atoms with Crippen molar-refractivity contribution in [3.8, 4) is 5.75 Å². The number of anilines is 1. The largest absolute Gasteiger partial charge is 0.497 e. The second-order valence-corrected chi connectivity index (χ2v) is 8.10. The first-order valence-electron chi connectivity index (χ1n) is 11.3. The minimum Gasteiger partial charge on any atom is -0.497 e. The number of fused-ring (bicyclic) bond motifs is 1. The predicted octanol–water partition coefficient (Wildman–Crippen LogP) is 3.10. The first kappa shape index (κ1) is 21.9. The number of nitrogens with zero attached hydrogens (tertiary/aromatic N) is 4. The van der Waals surface area contributed by atoms with Gasteiger partial charge in [-0.15, -0.1) is 0 Å². The van der Waals surface area contributed by atoms with Gasteiger partial charge in [0.1, 0.15) is 5.75 Å². The molecule has 1 aromatic heterocycles. The molecule has 1 amide bonds. The van der Waals surface area contributed by atoms with Gasteiger partial charge in [0.2, 0.25) is 5.91 Å². The molecule has 0 N–H and O–H groups in total. The number of hydrogen-bond donors (Lipinski definition) is 0. The Labute approximate surface area is 188 Å². The van der Waals surface area contributed by atoms with Crippen LogP contribution in [0.4, 0.5) is 5.82 Å². The fourth-order valence-electron chi connectivity index (χ4n) is 4.24. The average molecular weight is 435 g/mol. The van der Waals surface area contributed by atoms with Crippen LogP contribution in [0.1, 0.15) is 25.3 Å². The molecule has 4 rings (SSSR count). The second-order valence-electron chi connectivity index (χ2n) is 8.10. The molecule has 2 aromatic carbocycles. The smallest absolute Gasteiger partial charge is 0.294 e. The van der Waals surface area contributed by atoms with Gasteiger partial charge in [-0.25, -0.2) is 4.98 Å². The zero-order chi connectivity index (χ0) is 22.5. The van der Waals surface area contributed by atoms with Crippen molar-refractivity contribution in [1.82, 2.24) is 14.5 Å². The summed E-state index contributed by atoms with van der Waals surface area (Å²) in [6.07, 6.45) is 2.03. The minimum absolute atomic E-state index is 0.0525. The summed E-state index contributed by atoms with van der Waals surface area (Å²) >= 11 is 0. The summed E-state index contributed by atoms with van der Waals surface area (Å²) in [7, 11) is 1.64. The van der Waals surface area contributed by atoms with E-state index in [1.54, 1.807) is 7.11 Å². The summed E-state index contributed by atoms with van der Waals surface area (Å²) in [5.41, 5.74) is 2.73. The Morgan fingerprint density at radius 2 is 1.84 bits per heavy atom. The van der Waals surface area contributed by atoms with E-state index in [0.29, 0.717) is 51.4 Å².